The second-order valence-electron chi connectivity index (χ2n) is 2.47. The van der Waals surface area contributed by atoms with Crippen molar-refractivity contribution in [2.75, 3.05) is 0 Å². The minimum atomic E-state index is -0.0448. The molecule has 0 aromatic heterocycles. The van der Waals surface area contributed by atoms with Gasteiger partial charge in [0.25, 0.3) is 0 Å². The molecule has 66 valence electrons. The van der Waals surface area contributed by atoms with E-state index in [9.17, 15) is 4.79 Å². The summed E-state index contributed by atoms with van der Waals surface area (Å²) in [6.07, 6.45) is 4.64. The topological polar surface area (TPSA) is 17.1 Å². The first-order valence-electron chi connectivity index (χ1n) is 3.83. The monoisotopic (exact) mass is 192 g/mol. The van der Waals surface area contributed by atoms with Crippen molar-refractivity contribution in [1.29, 1.82) is 0 Å². The smallest absolute Gasteiger partial charge is 0.185 e. The van der Waals surface area contributed by atoms with Crippen molar-refractivity contribution in [1.82, 2.24) is 0 Å². The standard InChI is InChI=1S/C11H9ClO/c1-2-3-4-11(13)9-5-7-10(12)8-6-9/h2-8H,1H2. The number of benzene rings is 1. The molecule has 0 bridgehead atoms. The molecule has 0 aliphatic heterocycles. The Balaban J connectivity index is 2.83. The number of hydrogen-bond acceptors (Lipinski definition) is 1. The van der Waals surface area contributed by atoms with Crippen molar-refractivity contribution in [3.63, 3.8) is 0 Å². The van der Waals surface area contributed by atoms with Gasteiger partial charge in [-0.25, -0.2) is 0 Å². The van der Waals surface area contributed by atoms with Crippen molar-refractivity contribution >= 4 is 17.4 Å². The second-order valence-corrected chi connectivity index (χ2v) is 2.90. The Bertz CT molecular complexity index is 336. The van der Waals surface area contributed by atoms with Crippen LogP contribution in [0, 0.1) is 0 Å². The van der Waals surface area contributed by atoms with Gasteiger partial charge in [-0.05, 0) is 30.3 Å². The van der Waals surface area contributed by atoms with Crippen LogP contribution in [-0.4, -0.2) is 5.78 Å². The Morgan fingerprint density at radius 1 is 1.31 bits per heavy atom. The van der Waals surface area contributed by atoms with Crippen LogP contribution in [0.2, 0.25) is 5.02 Å². The lowest BCUT2D eigenvalue weighted by Gasteiger charge is -1.94. The minimum Gasteiger partial charge on any atom is -0.289 e. The molecule has 13 heavy (non-hydrogen) atoms. The van der Waals surface area contributed by atoms with Crippen molar-refractivity contribution in [3.05, 3.63) is 59.7 Å². The van der Waals surface area contributed by atoms with E-state index in [1.165, 1.54) is 6.08 Å². The van der Waals surface area contributed by atoms with Crippen LogP contribution in [0.25, 0.3) is 0 Å². The number of ketones is 1. The molecule has 0 aliphatic carbocycles. The molecule has 0 amide bonds. The zero-order valence-corrected chi connectivity index (χ0v) is 7.79. The Kier molecular flexibility index (Phi) is 3.47. The van der Waals surface area contributed by atoms with E-state index in [0.29, 0.717) is 10.6 Å². The fourth-order valence-corrected chi connectivity index (χ4v) is 0.992. The van der Waals surface area contributed by atoms with Crippen LogP contribution in [0.15, 0.2) is 49.1 Å². The first-order valence-corrected chi connectivity index (χ1v) is 4.21. The summed E-state index contributed by atoms with van der Waals surface area (Å²) < 4.78 is 0. The van der Waals surface area contributed by atoms with Crippen molar-refractivity contribution in [2.45, 2.75) is 0 Å². The first kappa shape index (κ1) is 9.75. The van der Waals surface area contributed by atoms with E-state index in [1.54, 1.807) is 36.4 Å². The summed E-state index contributed by atoms with van der Waals surface area (Å²) in [6, 6.07) is 6.77. The van der Waals surface area contributed by atoms with Gasteiger partial charge in [-0.3, -0.25) is 4.79 Å². The van der Waals surface area contributed by atoms with Gasteiger partial charge in [-0.1, -0.05) is 30.3 Å². The SMILES string of the molecule is C=CC=CC(=O)c1ccc(Cl)cc1. The van der Waals surface area contributed by atoms with Crippen molar-refractivity contribution < 1.29 is 4.79 Å². The van der Waals surface area contributed by atoms with E-state index in [2.05, 4.69) is 6.58 Å². The maximum absolute atomic E-state index is 11.3. The Morgan fingerprint density at radius 3 is 2.46 bits per heavy atom. The number of halogens is 1. The second kappa shape index (κ2) is 4.63. The normalized spacial score (nSPS) is 10.2. The van der Waals surface area contributed by atoms with Crippen molar-refractivity contribution in [3.8, 4) is 0 Å². The molecular weight excluding hydrogens is 184 g/mol. The van der Waals surface area contributed by atoms with Gasteiger partial charge in [0, 0.05) is 10.6 Å². The quantitative estimate of drug-likeness (QED) is 0.408. The number of carbonyl (C=O) groups is 1. The van der Waals surface area contributed by atoms with Gasteiger partial charge in [0.15, 0.2) is 5.78 Å². The van der Waals surface area contributed by atoms with Crippen LogP contribution < -0.4 is 0 Å². The Morgan fingerprint density at radius 2 is 1.92 bits per heavy atom. The molecule has 0 N–H and O–H groups in total. The summed E-state index contributed by atoms with van der Waals surface area (Å²) in [5.41, 5.74) is 0.627. The highest BCUT2D eigenvalue weighted by molar-refractivity contribution is 6.30. The molecule has 0 fully saturated rings. The predicted octanol–water partition coefficient (Wildman–Crippen LogP) is 3.26. The van der Waals surface area contributed by atoms with Gasteiger partial charge in [-0.15, -0.1) is 0 Å². The molecule has 0 saturated carbocycles. The van der Waals surface area contributed by atoms with Gasteiger partial charge in [0.1, 0.15) is 0 Å². The summed E-state index contributed by atoms with van der Waals surface area (Å²) >= 11 is 5.68. The molecule has 1 aromatic rings. The van der Waals surface area contributed by atoms with Gasteiger partial charge in [0.05, 0.1) is 0 Å². The summed E-state index contributed by atoms with van der Waals surface area (Å²) in [5.74, 6) is -0.0448. The third-order valence-electron chi connectivity index (χ3n) is 1.51. The van der Waals surface area contributed by atoms with Gasteiger partial charge in [-0.2, -0.15) is 0 Å². The molecular formula is C11H9ClO. The van der Waals surface area contributed by atoms with Crippen LogP contribution >= 0.6 is 11.6 Å². The molecule has 0 radical (unpaired) electrons. The average molecular weight is 193 g/mol. The molecule has 1 aromatic carbocycles. The molecule has 1 nitrogen and oxygen atoms in total. The molecule has 0 spiro atoms. The van der Waals surface area contributed by atoms with Crippen LogP contribution in [0.5, 0.6) is 0 Å². The number of rotatable bonds is 3. The highest BCUT2D eigenvalue weighted by Gasteiger charge is 1.99. The van der Waals surface area contributed by atoms with Gasteiger partial charge in [0.2, 0.25) is 0 Å². The highest BCUT2D eigenvalue weighted by Crippen LogP contribution is 2.10. The average Bonchev–Trinajstić information content (AvgIpc) is 2.15. The molecule has 0 unspecified atom stereocenters. The van der Waals surface area contributed by atoms with E-state index in [4.69, 9.17) is 11.6 Å². The fourth-order valence-electron chi connectivity index (χ4n) is 0.866. The van der Waals surface area contributed by atoms with E-state index in [0.717, 1.165) is 0 Å². The molecule has 0 atom stereocenters. The summed E-state index contributed by atoms with van der Waals surface area (Å²) in [4.78, 5) is 11.3. The lowest BCUT2D eigenvalue weighted by molar-refractivity contribution is 0.104. The predicted molar refractivity (Wildman–Crippen MR) is 55.1 cm³/mol. The lowest BCUT2D eigenvalue weighted by atomic mass is 10.1. The van der Waals surface area contributed by atoms with Crippen LogP contribution in [0.4, 0.5) is 0 Å². The van der Waals surface area contributed by atoms with Gasteiger partial charge < -0.3 is 0 Å². The van der Waals surface area contributed by atoms with E-state index in [-0.39, 0.29) is 5.78 Å². The summed E-state index contributed by atoms with van der Waals surface area (Å²) in [5, 5.41) is 0.629. The first-order chi connectivity index (χ1) is 6.24. The Hall–Kier alpha value is -1.34. The summed E-state index contributed by atoms with van der Waals surface area (Å²) in [6.45, 7) is 3.48. The third kappa shape index (κ3) is 2.88. The van der Waals surface area contributed by atoms with E-state index >= 15 is 0 Å². The maximum Gasteiger partial charge on any atom is 0.185 e. The molecule has 1 rings (SSSR count). The molecule has 0 saturated heterocycles. The lowest BCUT2D eigenvalue weighted by Crippen LogP contribution is -1.92. The molecule has 0 heterocycles. The zero-order valence-electron chi connectivity index (χ0n) is 7.03. The van der Waals surface area contributed by atoms with E-state index in [1.807, 2.05) is 0 Å². The van der Waals surface area contributed by atoms with Crippen LogP contribution in [0.3, 0.4) is 0 Å². The third-order valence-corrected chi connectivity index (χ3v) is 1.76. The van der Waals surface area contributed by atoms with Crippen LogP contribution in [-0.2, 0) is 0 Å². The fraction of sp³-hybridized carbons (Fsp3) is 0. The Labute approximate surface area is 82.3 Å². The maximum atomic E-state index is 11.3. The van der Waals surface area contributed by atoms with E-state index < -0.39 is 0 Å². The van der Waals surface area contributed by atoms with Crippen LogP contribution in [0.1, 0.15) is 10.4 Å². The number of hydrogen-bond donors (Lipinski definition) is 0. The minimum absolute atomic E-state index is 0.0448. The number of allylic oxidation sites excluding steroid dienone is 3. The van der Waals surface area contributed by atoms with Crippen molar-refractivity contribution in [2.24, 2.45) is 0 Å². The number of carbonyl (C=O) groups excluding carboxylic acids is 1. The zero-order chi connectivity index (χ0) is 9.68. The largest absolute Gasteiger partial charge is 0.289 e. The highest BCUT2D eigenvalue weighted by atomic mass is 35.5. The molecule has 2 heteroatoms. The summed E-state index contributed by atoms with van der Waals surface area (Å²) in [7, 11) is 0. The van der Waals surface area contributed by atoms with Gasteiger partial charge >= 0.3 is 0 Å². The molecule has 0 aliphatic rings.